The minimum Gasteiger partial charge on any atom is -0.494 e. The zero-order chi connectivity index (χ0) is 15.8. The fraction of sp³-hybridized carbons (Fsp3) is 0.412. The van der Waals surface area contributed by atoms with Crippen molar-refractivity contribution in [1.29, 1.82) is 0 Å². The number of benzene rings is 1. The van der Waals surface area contributed by atoms with Gasteiger partial charge in [-0.25, -0.2) is 4.79 Å². The van der Waals surface area contributed by atoms with Crippen molar-refractivity contribution in [3.63, 3.8) is 0 Å². The van der Waals surface area contributed by atoms with Crippen LogP contribution < -0.4 is 4.74 Å². The van der Waals surface area contributed by atoms with Gasteiger partial charge >= 0.3 is 5.97 Å². The van der Waals surface area contributed by atoms with Crippen molar-refractivity contribution in [1.82, 2.24) is 5.16 Å². The predicted octanol–water partition coefficient (Wildman–Crippen LogP) is 3.86. The fourth-order valence-electron chi connectivity index (χ4n) is 2.17. The van der Waals surface area contributed by atoms with Gasteiger partial charge in [0.1, 0.15) is 11.5 Å². The molecule has 0 aliphatic heterocycles. The van der Waals surface area contributed by atoms with Crippen LogP contribution in [0.25, 0.3) is 0 Å². The lowest BCUT2D eigenvalue weighted by Crippen LogP contribution is -1.99. The Morgan fingerprint density at radius 1 is 1.18 bits per heavy atom. The van der Waals surface area contributed by atoms with E-state index in [-0.39, 0.29) is 5.56 Å². The third-order valence-electron chi connectivity index (χ3n) is 3.36. The van der Waals surface area contributed by atoms with Crippen molar-refractivity contribution >= 4 is 5.97 Å². The van der Waals surface area contributed by atoms with Gasteiger partial charge in [0, 0.05) is 12.5 Å². The number of carboxylic acid groups (broad SMARTS) is 1. The molecule has 0 amide bonds. The number of aromatic carboxylic acids is 1. The van der Waals surface area contributed by atoms with Gasteiger partial charge in [0.05, 0.1) is 17.9 Å². The van der Waals surface area contributed by atoms with Crippen molar-refractivity contribution in [2.24, 2.45) is 0 Å². The van der Waals surface area contributed by atoms with E-state index >= 15 is 0 Å². The van der Waals surface area contributed by atoms with Crippen LogP contribution in [-0.4, -0.2) is 22.8 Å². The second-order valence-corrected chi connectivity index (χ2v) is 5.28. The summed E-state index contributed by atoms with van der Waals surface area (Å²) in [6.07, 6.45) is 5.22. The lowest BCUT2D eigenvalue weighted by atomic mass is 10.1. The van der Waals surface area contributed by atoms with Crippen LogP contribution in [0.1, 0.15) is 47.5 Å². The number of ether oxygens (including phenoxy) is 1. The summed E-state index contributed by atoms with van der Waals surface area (Å²) in [4.78, 5) is 10.7. The van der Waals surface area contributed by atoms with Crippen LogP contribution in [0.4, 0.5) is 0 Å². The standard InChI is InChI=1S/C17H21NO4/c1-13-12-16(22-18-13)6-4-2-3-5-11-21-15-9-7-14(8-10-15)17(19)20/h7-10,12H,2-6,11H2,1H3,(H,19,20). The number of hydrogen-bond acceptors (Lipinski definition) is 4. The Balaban J connectivity index is 1.54. The lowest BCUT2D eigenvalue weighted by molar-refractivity contribution is 0.0697. The average molecular weight is 303 g/mol. The van der Waals surface area contributed by atoms with Crippen LogP contribution in [0.3, 0.4) is 0 Å². The summed E-state index contributed by atoms with van der Waals surface area (Å²) < 4.78 is 10.7. The van der Waals surface area contributed by atoms with Gasteiger partial charge in [0.2, 0.25) is 0 Å². The SMILES string of the molecule is Cc1cc(CCCCCCOc2ccc(C(=O)O)cc2)on1. The molecule has 118 valence electrons. The third kappa shape index (κ3) is 5.24. The maximum absolute atomic E-state index is 10.7. The molecule has 1 N–H and O–H groups in total. The number of aromatic nitrogens is 1. The molecule has 0 aliphatic rings. The highest BCUT2D eigenvalue weighted by Crippen LogP contribution is 2.13. The molecule has 5 heteroatoms. The zero-order valence-corrected chi connectivity index (χ0v) is 12.7. The van der Waals surface area contributed by atoms with Crippen LogP contribution in [0.5, 0.6) is 5.75 Å². The minimum atomic E-state index is -0.923. The Labute approximate surface area is 129 Å². The summed E-state index contributed by atoms with van der Waals surface area (Å²) in [5.74, 6) is 0.739. The molecular formula is C17H21NO4. The van der Waals surface area contributed by atoms with E-state index in [9.17, 15) is 4.79 Å². The molecule has 0 saturated heterocycles. The summed E-state index contributed by atoms with van der Waals surface area (Å²) in [6.45, 7) is 2.57. The third-order valence-corrected chi connectivity index (χ3v) is 3.36. The first kappa shape index (κ1) is 16.1. The van der Waals surface area contributed by atoms with E-state index in [2.05, 4.69) is 5.16 Å². The Bertz CT molecular complexity index is 589. The molecule has 0 radical (unpaired) electrons. The van der Waals surface area contributed by atoms with Crippen molar-refractivity contribution in [2.75, 3.05) is 6.61 Å². The van der Waals surface area contributed by atoms with Crippen molar-refractivity contribution in [3.05, 3.63) is 47.3 Å². The molecule has 2 aromatic rings. The van der Waals surface area contributed by atoms with E-state index in [1.807, 2.05) is 13.0 Å². The Morgan fingerprint density at radius 3 is 2.55 bits per heavy atom. The molecule has 1 aromatic heterocycles. The fourth-order valence-corrected chi connectivity index (χ4v) is 2.17. The van der Waals surface area contributed by atoms with Gasteiger partial charge in [-0.05, 0) is 44.0 Å². The van der Waals surface area contributed by atoms with Crippen LogP contribution >= 0.6 is 0 Å². The molecule has 5 nitrogen and oxygen atoms in total. The van der Waals surface area contributed by atoms with Gasteiger partial charge in [-0.15, -0.1) is 0 Å². The minimum absolute atomic E-state index is 0.273. The maximum atomic E-state index is 10.7. The second-order valence-electron chi connectivity index (χ2n) is 5.28. The van der Waals surface area contributed by atoms with Gasteiger partial charge in [0.25, 0.3) is 0 Å². The Morgan fingerprint density at radius 2 is 1.91 bits per heavy atom. The molecule has 2 rings (SSSR count). The number of aryl methyl sites for hydroxylation is 2. The van der Waals surface area contributed by atoms with Gasteiger partial charge < -0.3 is 14.4 Å². The maximum Gasteiger partial charge on any atom is 0.335 e. The number of unbranched alkanes of at least 4 members (excludes halogenated alkanes) is 3. The normalized spacial score (nSPS) is 10.6. The summed E-state index contributed by atoms with van der Waals surface area (Å²) in [7, 11) is 0. The second kappa shape index (κ2) is 8.22. The van der Waals surface area contributed by atoms with Crippen molar-refractivity contribution in [3.8, 4) is 5.75 Å². The van der Waals surface area contributed by atoms with Gasteiger partial charge in [0.15, 0.2) is 0 Å². The first-order valence-electron chi connectivity index (χ1n) is 7.53. The number of rotatable bonds is 9. The zero-order valence-electron chi connectivity index (χ0n) is 12.7. The Kier molecular flexibility index (Phi) is 6.01. The molecule has 1 aromatic carbocycles. The topological polar surface area (TPSA) is 72.6 Å². The molecule has 0 spiro atoms. The molecular weight excluding hydrogens is 282 g/mol. The summed E-state index contributed by atoms with van der Waals surface area (Å²) in [6, 6.07) is 8.46. The average Bonchev–Trinajstić information content (AvgIpc) is 2.92. The quantitative estimate of drug-likeness (QED) is 0.712. The summed E-state index contributed by atoms with van der Waals surface area (Å²) in [5.41, 5.74) is 1.20. The van der Waals surface area contributed by atoms with Crippen molar-refractivity contribution in [2.45, 2.75) is 39.0 Å². The highest BCUT2D eigenvalue weighted by Gasteiger charge is 2.02. The van der Waals surface area contributed by atoms with E-state index in [0.29, 0.717) is 12.4 Å². The van der Waals surface area contributed by atoms with E-state index in [0.717, 1.165) is 43.6 Å². The lowest BCUT2D eigenvalue weighted by Gasteiger charge is -2.06. The number of hydrogen-bond donors (Lipinski definition) is 1. The predicted molar refractivity (Wildman–Crippen MR) is 82.3 cm³/mol. The highest BCUT2D eigenvalue weighted by atomic mass is 16.5. The summed E-state index contributed by atoms with van der Waals surface area (Å²) >= 11 is 0. The monoisotopic (exact) mass is 303 g/mol. The van der Waals surface area contributed by atoms with Gasteiger partial charge in [-0.3, -0.25) is 0 Å². The first-order valence-corrected chi connectivity index (χ1v) is 7.53. The molecule has 0 saturated carbocycles. The number of carboxylic acids is 1. The molecule has 0 fully saturated rings. The van der Waals surface area contributed by atoms with Gasteiger partial charge in [-0.1, -0.05) is 18.0 Å². The number of nitrogens with zero attached hydrogens (tertiary/aromatic N) is 1. The number of carbonyl (C=O) groups is 1. The van der Waals surface area contributed by atoms with E-state index in [1.54, 1.807) is 24.3 Å². The molecule has 1 heterocycles. The molecule has 22 heavy (non-hydrogen) atoms. The molecule has 0 bridgehead atoms. The van der Waals surface area contributed by atoms with Crippen LogP contribution in [-0.2, 0) is 6.42 Å². The smallest absolute Gasteiger partial charge is 0.335 e. The Hall–Kier alpha value is -2.30. The molecule has 0 unspecified atom stereocenters. The van der Waals surface area contributed by atoms with E-state index in [4.69, 9.17) is 14.4 Å². The van der Waals surface area contributed by atoms with Gasteiger partial charge in [-0.2, -0.15) is 0 Å². The van der Waals surface area contributed by atoms with Crippen LogP contribution in [0.15, 0.2) is 34.9 Å². The highest BCUT2D eigenvalue weighted by molar-refractivity contribution is 5.87. The van der Waals surface area contributed by atoms with Crippen LogP contribution in [0.2, 0.25) is 0 Å². The molecule has 0 atom stereocenters. The van der Waals surface area contributed by atoms with E-state index in [1.165, 1.54) is 0 Å². The van der Waals surface area contributed by atoms with Crippen molar-refractivity contribution < 1.29 is 19.2 Å². The van der Waals surface area contributed by atoms with E-state index < -0.39 is 5.97 Å². The largest absolute Gasteiger partial charge is 0.494 e. The molecule has 0 aliphatic carbocycles. The summed E-state index contributed by atoms with van der Waals surface area (Å²) in [5, 5.41) is 12.7. The van der Waals surface area contributed by atoms with Crippen LogP contribution in [0, 0.1) is 6.92 Å². The first-order chi connectivity index (χ1) is 10.6.